The summed E-state index contributed by atoms with van der Waals surface area (Å²) in [6, 6.07) is 4.83. The van der Waals surface area contributed by atoms with E-state index in [1.165, 1.54) is 32.9 Å². The van der Waals surface area contributed by atoms with Gasteiger partial charge in [0, 0.05) is 18.1 Å². The summed E-state index contributed by atoms with van der Waals surface area (Å²) >= 11 is 1.51. The Morgan fingerprint density at radius 3 is 2.16 bits per heavy atom. The van der Waals surface area contributed by atoms with Crippen LogP contribution in [0, 0.1) is 5.41 Å². The van der Waals surface area contributed by atoms with Gasteiger partial charge in [-0.05, 0) is 26.0 Å². The van der Waals surface area contributed by atoms with Gasteiger partial charge in [-0.25, -0.2) is 4.79 Å². The number of carboxylic acid groups (broad SMARTS) is 1. The highest BCUT2D eigenvalue weighted by molar-refractivity contribution is 8.15. The lowest BCUT2D eigenvalue weighted by Crippen LogP contribution is -2.50. The van der Waals surface area contributed by atoms with Gasteiger partial charge in [-0.15, -0.1) is 0 Å². The Labute approximate surface area is 189 Å². The van der Waals surface area contributed by atoms with Crippen LogP contribution in [0.2, 0.25) is 0 Å². The topological polar surface area (TPSA) is 127 Å². The normalized spacial score (nSPS) is 12.6. The Morgan fingerprint density at radius 1 is 1.06 bits per heavy atom. The van der Waals surface area contributed by atoms with E-state index in [-0.39, 0.29) is 22.2 Å². The molecule has 0 saturated carbocycles. The first-order valence-electron chi connectivity index (χ1n) is 9.37. The van der Waals surface area contributed by atoms with Crippen molar-refractivity contribution in [3.8, 4) is 5.75 Å². The molecule has 2 N–H and O–H groups in total. The monoisotopic (exact) mass is 469 g/mol. The molecule has 0 bridgehead atoms. The van der Waals surface area contributed by atoms with Crippen molar-refractivity contribution in [2.24, 2.45) is 5.41 Å². The van der Waals surface area contributed by atoms with Crippen molar-refractivity contribution in [1.82, 2.24) is 5.32 Å². The van der Waals surface area contributed by atoms with Crippen LogP contribution in [0.4, 0.5) is 0 Å². The fourth-order valence-electron chi connectivity index (χ4n) is 2.09. The van der Waals surface area contributed by atoms with Crippen molar-refractivity contribution in [1.29, 1.82) is 0 Å². The molecule has 0 aromatic heterocycles. The molecule has 10 heteroatoms. The SMILES string of the molecule is CC(=O)Oc1ccccc1C(=O)SC(C)(C)C(=O)N[C@@H](CSC(=O)C(C)(C)C)C(=O)O. The zero-order chi connectivity index (χ0) is 24.0. The summed E-state index contributed by atoms with van der Waals surface area (Å²) in [4.78, 5) is 60.3. The highest BCUT2D eigenvalue weighted by Gasteiger charge is 2.36. The van der Waals surface area contributed by atoms with Gasteiger partial charge in [0.25, 0.3) is 0 Å². The molecule has 1 amide bonds. The first-order valence-corrected chi connectivity index (χ1v) is 11.2. The summed E-state index contributed by atoms with van der Waals surface area (Å²) in [7, 11) is 0. The summed E-state index contributed by atoms with van der Waals surface area (Å²) in [5.74, 6) is -2.61. The van der Waals surface area contributed by atoms with Crippen LogP contribution in [0.15, 0.2) is 24.3 Å². The Morgan fingerprint density at radius 2 is 1.65 bits per heavy atom. The fraction of sp³-hybridized carbons (Fsp3) is 0.476. The minimum Gasteiger partial charge on any atom is -0.480 e. The number of hydrogen-bond acceptors (Lipinski definition) is 8. The van der Waals surface area contributed by atoms with E-state index < -0.39 is 39.2 Å². The minimum absolute atomic E-state index is 0.0733. The molecule has 0 radical (unpaired) electrons. The van der Waals surface area contributed by atoms with Crippen LogP contribution in [0.5, 0.6) is 5.75 Å². The Kier molecular flexibility index (Phi) is 9.31. The molecule has 8 nitrogen and oxygen atoms in total. The lowest BCUT2D eigenvalue weighted by atomic mass is 10.00. The van der Waals surface area contributed by atoms with Crippen LogP contribution < -0.4 is 10.1 Å². The third-order valence-corrected chi connectivity index (χ3v) is 6.33. The molecule has 0 heterocycles. The molecule has 0 aliphatic heterocycles. The predicted octanol–water partition coefficient (Wildman–Crippen LogP) is 3.14. The highest BCUT2D eigenvalue weighted by atomic mass is 32.2. The Bertz CT molecular complexity index is 875. The molecule has 1 rings (SSSR count). The number of nitrogens with one attached hydrogen (secondary N) is 1. The number of benzene rings is 1. The van der Waals surface area contributed by atoms with Gasteiger partial charge >= 0.3 is 11.9 Å². The van der Waals surface area contributed by atoms with Gasteiger partial charge in [0.15, 0.2) is 5.12 Å². The summed E-state index contributed by atoms with van der Waals surface area (Å²) in [5.41, 5.74) is -0.529. The molecule has 0 unspecified atom stereocenters. The number of rotatable bonds is 8. The third kappa shape index (κ3) is 8.37. The molecule has 0 fully saturated rings. The highest BCUT2D eigenvalue weighted by Crippen LogP contribution is 2.32. The van der Waals surface area contributed by atoms with Crippen molar-refractivity contribution in [3.05, 3.63) is 29.8 Å². The number of amides is 1. The van der Waals surface area contributed by atoms with Crippen LogP contribution in [0.1, 0.15) is 51.9 Å². The Balaban J connectivity index is 2.89. The average Bonchev–Trinajstić information content (AvgIpc) is 2.62. The number of para-hydroxylation sites is 1. The molecule has 170 valence electrons. The number of hydrogen-bond donors (Lipinski definition) is 2. The maximum absolute atomic E-state index is 12.7. The second-order valence-electron chi connectivity index (χ2n) is 8.20. The first kappa shape index (κ1) is 26.7. The molecule has 31 heavy (non-hydrogen) atoms. The van der Waals surface area contributed by atoms with Crippen molar-refractivity contribution in [3.63, 3.8) is 0 Å². The second kappa shape index (κ2) is 10.8. The zero-order valence-corrected chi connectivity index (χ0v) is 19.9. The number of carbonyl (C=O) groups excluding carboxylic acids is 4. The van der Waals surface area contributed by atoms with E-state index in [1.807, 2.05) is 0 Å². The maximum Gasteiger partial charge on any atom is 0.327 e. The van der Waals surface area contributed by atoms with Gasteiger partial charge in [-0.1, -0.05) is 56.4 Å². The van der Waals surface area contributed by atoms with Gasteiger partial charge < -0.3 is 15.2 Å². The number of aliphatic carboxylic acids is 1. The maximum atomic E-state index is 12.7. The van der Waals surface area contributed by atoms with E-state index in [4.69, 9.17) is 4.74 Å². The molecule has 1 aromatic carbocycles. The lowest BCUT2D eigenvalue weighted by Gasteiger charge is -2.25. The average molecular weight is 470 g/mol. The van der Waals surface area contributed by atoms with E-state index in [0.717, 1.165) is 11.8 Å². The quantitative estimate of drug-likeness (QED) is 0.436. The largest absolute Gasteiger partial charge is 0.480 e. The smallest absolute Gasteiger partial charge is 0.327 e. The summed E-state index contributed by atoms with van der Waals surface area (Å²) in [6.07, 6.45) is 0. The molecule has 0 spiro atoms. The van der Waals surface area contributed by atoms with E-state index in [2.05, 4.69) is 5.32 Å². The molecular weight excluding hydrogens is 442 g/mol. The van der Waals surface area contributed by atoms with Gasteiger partial charge in [0.2, 0.25) is 11.0 Å². The standard InChI is InChI=1S/C21H27NO7S2/c1-12(23)29-15-10-8-7-9-13(15)17(26)31-21(5,6)18(27)22-14(16(24)25)11-30-19(28)20(2,3)4/h7-10,14H,11H2,1-6H3,(H,22,27)(H,24,25)/t14-/m0/s1. The molecule has 0 saturated heterocycles. The first-order chi connectivity index (χ1) is 14.1. The lowest BCUT2D eigenvalue weighted by molar-refractivity contribution is -0.141. The van der Waals surface area contributed by atoms with E-state index in [0.29, 0.717) is 11.8 Å². The van der Waals surface area contributed by atoms with E-state index in [9.17, 15) is 29.1 Å². The van der Waals surface area contributed by atoms with Gasteiger partial charge in [-0.3, -0.25) is 19.2 Å². The van der Waals surface area contributed by atoms with Crippen LogP contribution in [0.25, 0.3) is 0 Å². The molecule has 0 aliphatic rings. The second-order valence-corrected chi connectivity index (χ2v) is 10.8. The van der Waals surface area contributed by atoms with Crippen molar-refractivity contribution in [2.45, 2.75) is 52.3 Å². The van der Waals surface area contributed by atoms with Crippen LogP contribution in [-0.2, 0) is 19.2 Å². The summed E-state index contributed by atoms with van der Waals surface area (Å²) in [5, 5.41) is 11.1. The molecule has 0 aliphatic carbocycles. The third-order valence-electron chi connectivity index (χ3n) is 3.85. The Hall–Kier alpha value is -2.33. The van der Waals surface area contributed by atoms with Crippen LogP contribution >= 0.6 is 23.5 Å². The van der Waals surface area contributed by atoms with Crippen molar-refractivity contribution in [2.75, 3.05) is 5.75 Å². The summed E-state index contributed by atoms with van der Waals surface area (Å²) < 4.78 is 3.71. The van der Waals surface area contributed by atoms with Gasteiger partial charge in [0.05, 0.1) is 10.3 Å². The van der Waals surface area contributed by atoms with E-state index in [1.54, 1.807) is 32.9 Å². The van der Waals surface area contributed by atoms with Crippen LogP contribution in [0.3, 0.4) is 0 Å². The number of thioether (sulfide) groups is 2. The number of carbonyl (C=O) groups is 5. The van der Waals surface area contributed by atoms with Crippen LogP contribution in [-0.4, -0.2) is 49.7 Å². The van der Waals surface area contributed by atoms with E-state index >= 15 is 0 Å². The predicted molar refractivity (Wildman–Crippen MR) is 120 cm³/mol. The fourth-order valence-corrected chi connectivity index (χ4v) is 3.97. The zero-order valence-electron chi connectivity index (χ0n) is 18.3. The summed E-state index contributed by atoms with van der Waals surface area (Å²) in [6.45, 7) is 9.32. The minimum atomic E-state index is -1.33. The van der Waals surface area contributed by atoms with Crippen molar-refractivity contribution < 1.29 is 33.8 Å². The number of esters is 1. The van der Waals surface area contributed by atoms with Crippen molar-refractivity contribution >= 4 is 51.6 Å². The van der Waals surface area contributed by atoms with Gasteiger partial charge in [-0.2, -0.15) is 0 Å². The molecule has 1 atom stereocenters. The molecule has 1 aromatic rings. The number of ether oxygens (including phenoxy) is 1. The van der Waals surface area contributed by atoms with Gasteiger partial charge in [0.1, 0.15) is 11.8 Å². The number of carboxylic acids is 1. The molecular formula is C21H27NO7S2.